The molecule has 1 aliphatic carbocycles. The first-order valence-corrected chi connectivity index (χ1v) is 4.37. The van der Waals surface area contributed by atoms with Gasteiger partial charge in [-0.2, -0.15) is 18.4 Å². The third kappa shape index (κ3) is 2.06. The predicted molar refractivity (Wildman–Crippen MR) is 43.7 cm³/mol. The third-order valence-corrected chi connectivity index (χ3v) is 2.11. The highest BCUT2D eigenvalue weighted by Crippen LogP contribution is 2.40. The van der Waals surface area contributed by atoms with E-state index in [0.29, 0.717) is 5.69 Å². The van der Waals surface area contributed by atoms with Crippen LogP contribution in [0.3, 0.4) is 0 Å². The van der Waals surface area contributed by atoms with Crippen molar-refractivity contribution in [1.29, 1.82) is 5.26 Å². The van der Waals surface area contributed by atoms with Gasteiger partial charge in [-0.25, -0.2) is 9.97 Å². The van der Waals surface area contributed by atoms with Gasteiger partial charge in [-0.3, -0.25) is 0 Å². The second kappa shape index (κ2) is 3.19. The van der Waals surface area contributed by atoms with Crippen LogP contribution in [0.1, 0.15) is 36.0 Å². The summed E-state index contributed by atoms with van der Waals surface area (Å²) in [5, 5.41) is 8.55. The van der Waals surface area contributed by atoms with E-state index in [0.717, 1.165) is 12.8 Å². The van der Waals surface area contributed by atoms with E-state index in [-0.39, 0.29) is 11.6 Å². The summed E-state index contributed by atoms with van der Waals surface area (Å²) in [6, 6.07) is 2.94. The maximum Gasteiger partial charge on any atom is 0.451 e. The van der Waals surface area contributed by atoms with Crippen molar-refractivity contribution in [3.05, 3.63) is 23.3 Å². The smallest absolute Gasteiger partial charge is 0.229 e. The van der Waals surface area contributed by atoms with Crippen LogP contribution >= 0.6 is 0 Å². The van der Waals surface area contributed by atoms with Crippen molar-refractivity contribution >= 4 is 0 Å². The van der Waals surface area contributed by atoms with Crippen LogP contribution in [0.5, 0.6) is 0 Å². The van der Waals surface area contributed by atoms with Crippen molar-refractivity contribution in [3.8, 4) is 6.07 Å². The van der Waals surface area contributed by atoms with Crippen molar-refractivity contribution in [2.75, 3.05) is 0 Å². The zero-order valence-corrected chi connectivity index (χ0v) is 7.54. The molecule has 0 unspecified atom stereocenters. The van der Waals surface area contributed by atoms with Gasteiger partial charge in [-0.1, -0.05) is 0 Å². The molecule has 1 fully saturated rings. The first-order valence-electron chi connectivity index (χ1n) is 4.37. The lowest BCUT2D eigenvalue weighted by molar-refractivity contribution is -0.145. The summed E-state index contributed by atoms with van der Waals surface area (Å²) >= 11 is 0. The summed E-state index contributed by atoms with van der Waals surface area (Å²) < 4.78 is 37.0. The third-order valence-electron chi connectivity index (χ3n) is 2.11. The van der Waals surface area contributed by atoms with E-state index in [1.54, 1.807) is 6.07 Å². The molecule has 1 aliphatic rings. The molecule has 0 amide bonds. The van der Waals surface area contributed by atoms with Gasteiger partial charge in [0, 0.05) is 11.6 Å². The van der Waals surface area contributed by atoms with Gasteiger partial charge < -0.3 is 0 Å². The second-order valence-corrected chi connectivity index (χ2v) is 3.39. The summed E-state index contributed by atoms with van der Waals surface area (Å²) in [5.74, 6) is -1.15. The van der Waals surface area contributed by atoms with Crippen molar-refractivity contribution in [3.63, 3.8) is 0 Å². The van der Waals surface area contributed by atoms with Crippen LogP contribution in [0.2, 0.25) is 0 Å². The van der Waals surface area contributed by atoms with E-state index in [4.69, 9.17) is 5.26 Å². The molecular weight excluding hydrogens is 207 g/mol. The predicted octanol–water partition coefficient (Wildman–Crippen LogP) is 2.24. The van der Waals surface area contributed by atoms with Gasteiger partial charge in [0.25, 0.3) is 0 Å². The lowest BCUT2D eigenvalue weighted by Gasteiger charge is -2.06. The SMILES string of the molecule is N#Cc1cc(C2CC2)nc(C(F)(F)F)n1. The minimum Gasteiger partial charge on any atom is -0.229 e. The molecule has 3 nitrogen and oxygen atoms in total. The molecule has 0 aromatic carbocycles. The minimum absolute atomic E-state index is 0.0706. The van der Waals surface area contributed by atoms with Crippen LogP contribution in [0, 0.1) is 11.3 Å². The van der Waals surface area contributed by atoms with Crippen LogP contribution in [-0.2, 0) is 6.18 Å². The number of hydrogen-bond donors (Lipinski definition) is 0. The molecule has 0 spiro atoms. The molecule has 2 rings (SSSR count). The van der Waals surface area contributed by atoms with Gasteiger partial charge in [-0.15, -0.1) is 0 Å². The molecule has 15 heavy (non-hydrogen) atoms. The van der Waals surface area contributed by atoms with E-state index < -0.39 is 12.0 Å². The van der Waals surface area contributed by atoms with Gasteiger partial charge >= 0.3 is 6.18 Å². The number of halogens is 3. The van der Waals surface area contributed by atoms with E-state index in [1.165, 1.54) is 6.07 Å². The van der Waals surface area contributed by atoms with Gasteiger partial charge in [0.2, 0.25) is 5.82 Å². The Bertz CT molecular complexity index is 429. The van der Waals surface area contributed by atoms with Gasteiger partial charge in [0.05, 0.1) is 0 Å². The van der Waals surface area contributed by atoms with Crippen LogP contribution < -0.4 is 0 Å². The fourth-order valence-electron chi connectivity index (χ4n) is 1.24. The van der Waals surface area contributed by atoms with E-state index >= 15 is 0 Å². The summed E-state index contributed by atoms with van der Waals surface area (Å²) in [4.78, 5) is 6.56. The van der Waals surface area contributed by atoms with Crippen LogP contribution in [-0.4, -0.2) is 9.97 Å². The van der Waals surface area contributed by atoms with Gasteiger partial charge in [0.15, 0.2) is 0 Å². The van der Waals surface area contributed by atoms with E-state index in [9.17, 15) is 13.2 Å². The van der Waals surface area contributed by atoms with Crippen molar-refractivity contribution < 1.29 is 13.2 Å². The van der Waals surface area contributed by atoms with Crippen LogP contribution in [0.4, 0.5) is 13.2 Å². The average molecular weight is 213 g/mol. The first kappa shape index (κ1) is 9.90. The molecule has 0 saturated heterocycles. The summed E-state index contributed by atoms with van der Waals surface area (Å²) in [5.41, 5.74) is 0.105. The fourth-order valence-corrected chi connectivity index (χ4v) is 1.24. The van der Waals surface area contributed by atoms with Gasteiger partial charge in [-0.05, 0) is 18.9 Å². The maximum atomic E-state index is 12.3. The highest BCUT2D eigenvalue weighted by atomic mass is 19.4. The number of rotatable bonds is 1. The lowest BCUT2D eigenvalue weighted by atomic mass is 10.2. The highest BCUT2D eigenvalue weighted by Gasteiger charge is 2.37. The average Bonchev–Trinajstić information content (AvgIpc) is 2.99. The number of hydrogen-bond acceptors (Lipinski definition) is 3. The molecule has 1 aromatic rings. The topological polar surface area (TPSA) is 49.6 Å². The Kier molecular flexibility index (Phi) is 2.11. The number of alkyl halides is 3. The molecule has 0 N–H and O–H groups in total. The molecule has 1 aromatic heterocycles. The summed E-state index contributed by atoms with van der Waals surface area (Å²) in [7, 11) is 0. The molecular formula is C9H6F3N3. The number of aromatic nitrogens is 2. The Morgan fingerprint density at radius 2 is 2.00 bits per heavy atom. The first-order chi connectivity index (χ1) is 7.00. The van der Waals surface area contributed by atoms with E-state index in [1.807, 2.05) is 0 Å². The lowest BCUT2D eigenvalue weighted by Crippen LogP contribution is -2.13. The highest BCUT2D eigenvalue weighted by molar-refractivity contribution is 5.27. The molecule has 78 valence electrons. The van der Waals surface area contributed by atoms with Crippen molar-refractivity contribution in [2.45, 2.75) is 24.9 Å². The Hall–Kier alpha value is -1.64. The Labute approximate surface area is 83.6 Å². The van der Waals surface area contributed by atoms with Crippen LogP contribution in [0.15, 0.2) is 6.07 Å². The Morgan fingerprint density at radius 3 is 2.47 bits per heavy atom. The molecule has 1 heterocycles. The Balaban J connectivity index is 2.47. The normalized spacial score (nSPS) is 16.1. The fraction of sp³-hybridized carbons (Fsp3) is 0.444. The number of nitriles is 1. The van der Waals surface area contributed by atoms with Crippen molar-refractivity contribution in [2.24, 2.45) is 0 Å². The molecule has 0 bridgehead atoms. The second-order valence-electron chi connectivity index (χ2n) is 3.39. The number of nitrogens with zero attached hydrogens (tertiary/aromatic N) is 3. The van der Waals surface area contributed by atoms with Crippen molar-refractivity contribution in [1.82, 2.24) is 9.97 Å². The molecule has 6 heteroatoms. The molecule has 0 atom stereocenters. The van der Waals surface area contributed by atoms with Gasteiger partial charge in [0.1, 0.15) is 11.8 Å². The molecule has 0 radical (unpaired) electrons. The van der Waals surface area contributed by atoms with E-state index in [2.05, 4.69) is 9.97 Å². The molecule has 0 aliphatic heterocycles. The zero-order valence-electron chi connectivity index (χ0n) is 7.54. The minimum atomic E-state index is -4.59. The quantitative estimate of drug-likeness (QED) is 0.718. The zero-order chi connectivity index (χ0) is 11.1. The summed E-state index contributed by atoms with van der Waals surface area (Å²) in [6.07, 6.45) is -2.92. The maximum absolute atomic E-state index is 12.3. The monoisotopic (exact) mass is 213 g/mol. The van der Waals surface area contributed by atoms with Crippen LogP contribution in [0.25, 0.3) is 0 Å². The standard InChI is InChI=1S/C9H6F3N3/c10-9(11,12)8-14-6(4-13)3-7(15-8)5-1-2-5/h3,5H,1-2H2. The summed E-state index contributed by atoms with van der Waals surface area (Å²) in [6.45, 7) is 0. The Morgan fingerprint density at radius 1 is 1.33 bits per heavy atom. The molecule has 1 saturated carbocycles. The largest absolute Gasteiger partial charge is 0.451 e.